The summed E-state index contributed by atoms with van der Waals surface area (Å²) >= 11 is 0. The van der Waals surface area contributed by atoms with Gasteiger partial charge in [0.1, 0.15) is 5.58 Å². The van der Waals surface area contributed by atoms with Gasteiger partial charge in [-0.3, -0.25) is 15.0 Å². The summed E-state index contributed by atoms with van der Waals surface area (Å²) in [6.45, 7) is 7.54. The quantitative estimate of drug-likeness (QED) is 0.319. The maximum absolute atomic E-state index is 13.2. The molecule has 0 aliphatic carbocycles. The largest absolute Gasteiger partial charge is 0.423 e. The first kappa shape index (κ1) is 23.1. The van der Waals surface area contributed by atoms with E-state index < -0.39 is 20.6 Å². The van der Waals surface area contributed by atoms with Crippen LogP contribution in [0.1, 0.15) is 22.3 Å². The highest BCUT2D eigenvalue weighted by Crippen LogP contribution is 2.27. The van der Waals surface area contributed by atoms with Crippen molar-refractivity contribution in [2.75, 3.05) is 26.2 Å². The van der Waals surface area contributed by atoms with Crippen molar-refractivity contribution in [3.05, 3.63) is 79.2 Å². The first-order valence-electron chi connectivity index (χ1n) is 10.6. The van der Waals surface area contributed by atoms with Crippen molar-refractivity contribution in [3.63, 3.8) is 0 Å². The van der Waals surface area contributed by atoms with Gasteiger partial charge >= 0.3 is 5.63 Å². The van der Waals surface area contributed by atoms with E-state index in [0.717, 1.165) is 28.1 Å². The molecule has 1 aliphatic rings. The zero-order valence-electron chi connectivity index (χ0n) is 18.7. The fourth-order valence-electron chi connectivity index (χ4n) is 4.10. The highest BCUT2D eigenvalue weighted by atomic mass is 32.2. The fraction of sp³-hybridized carbons (Fsp3) is 0.348. The monoisotopic (exact) mass is 471 g/mol. The number of sulfonamides is 1. The number of rotatable bonds is 5. The molecule has 10 heteroatoms. The third kappa shape index (κ3) is 4.54. The molecule has 0 unspecified atom stereocenters. The van der Waals surface area contributed by atoms with Gasteiger partial charge in [0, 0.05) is 56.3 Å². The lowest BCUT2D eigenvalue weighted by atomic mass is 10.0. The van der Waals surface area contributed by atoms with Crippen LogP contribution in [0.25, 0.3) is 11.0 Å². The minimum Gasteiger partial charge on any atom is -0.423 e. The van der Waals surface area contributed by atoms with E-state index in [4.69, 9.17) is 4.42 Å². The molecule has 33 heavy (non-hydrogen) atoms. The summed E-state index contributed by atoms with van der Waals surface area (Å²) in [7, 11) is -3.86. The van der Waals surface area contributed by atoms with Gasteiger partial charge in [-0.05, 0) is 55.2 Å². The zero-order valence-corrected chi connectivity index (χ0v) is 19.5. The van der Waals surface area contributed by atoms with Gasteiger partial charge < -0.3 is 4.42 Å². The number of hydrogen-bond acceptors (Lipinski definition) is 7. The van der Waals surface area contributed by atoms with Gasteiger partial charge in [0.25, 0.3) is 5.69 Å². The summed E-state index contributed by atoms with van der Waals surface area (Å²) in [6.07, 6.45) is 0. The lowest BCUT2D eigenvalue weighted by Crippen LogP contribution is -2.48. The summed E-state index contributed by atoms with van der Waals surface area (Å²) in [5, 5.41) is 12.0. The van der Waals surface area contributed by atoms with Gasteiger partial charge in [0.15, 0.2) is 0 Å². The lowest BCUT2D eigenvalue weighted by Gasteiger charge is -2.34. The SMILES string of the molecule is Cc1cc2oc(=O)cc(CN3CCN(S(=O)(=O)c4cc([N+](=O)[O-])ccc4C)CC3)c2cc1C. The molecule has 0 atom stereocenters. The van der Waals surface area contributed by atoms with Crippen molar-refractivity contribution in [2.45, 2.75) is 32.2 Å². The summed E-state index contributed by atoms with van der Waals surface area (Å²) < 4.78 is 33.1. The van der Waals surface area contributed by atoms with Crippen molar-refractivity contribution < 1.29 is 17.8 Å². The van der Waals surface area contributed by atoms with Crippen LogP contribution in [-0.4, -0.2) is 48.7 Å². The molecule has 4 rings (SSSR count). The van der Waals surface area contributed by atoms with Crippen molar-refractivity contribution in [1.29, 1.82) is 0 Å². The molecule has 0 amide bonds. The molecule has 0 N–H and O–H groups in total. The molecule has 9 nitrogen and oxygen atoms in total. The van der Waals surface area contributed by atoms with E-state index in [1.165, 1.54) is 22.5 Å². The van der Waals surface area contributed by atoms with Crippen LogP contribution in [0.4, 0.5) is 5.69 Å². The number of benzene rings is 2. The Balaban J connectivity index is 1.53. The molecule has 3 aromatic rings. The standard InChI is InChI=1S/C23H25N3O6S/c1-15-4-5-19(26(28)29)13-22(15)33(30,31)25-8-6-24(7-9-25)14-18-12-23(27)32-21-11-17(3)16(2)10-20(18)21/h4-5,10-13H,6-9,14H2,1-3H3. The van der Waals surface area contributed by atoms with Crippen LogP contribution < -0.4 is 5.63 Å². The molecule has 1 aliphatic heterocycles. The average Bonchev–Trinajstić information content (AvgIpc) is 2.75. The van der Waals surface area contributed by atoms with Gasteiger partial charge in [0.2, 0.25) is 10.0 Å². The van der Waals surface area contributed by atoms with E-state index in [2.05, 4.69) is 4.90 Å². The van der Waals surface area contributed by atoms with Gasteiger partial charge in [0.05, 0.1) is 9.82 Å². The Morgan fingerprint density at radius 2 is 1.64 bits per heavy atom. The van der Waals surface area contributed by atoms with E-state index in [0.29, 0.717) is 30.8 Å². The van der Waals surface area contributed by atoms with E-state index in [1.54, 1.807) is 6.92 Å². The molecule has 1 aromatic heterocycles. The molecule has 0 spiro atoms. The number of aryl methyl sites for hydroxylation is 3. The smallest absolute Gasteiger partial charge is 0.336 e. The predicted molar refractivity (Wildman–Crippen MR) is 124 cm³/mol. The second-order valence-electron chi connectivity index (χ2n) is 8.41. The number of non-ortho nitro benzene ring substituents is 1. The van der Waals surface area contributed by atoms with Crippen molar-refractivity contribution >= 4 is 26.7 Å². The maximum atomic E-state index is 13.2. The molecule has 0 saturated carbocycles. The Labute approximate surface area is 191 Å². The third-order valence-electron chi connectivity index (χ3n) is 6.17. The molecule has 174 valence electrons. The number of nitro groups is 1. The third-order valence-corrected chi connectivity index (χ3v) is 8.21. The van der Waals surface area contributed by atoms with Crippen LogP contribution in [0, 0.1) is 30.9 Å². The van der Waals surface area contributed by atoms with Crippen LogP contribution in [-0.2, 0) is 16.6 Å². The van der Waals surface area contributed by atoms with Crippen LogP contribution in [0.3, 0.4) is 0 Å². The molecular weight excluding hydrogens is 446 g/mol. The number of nitrogens with zero attached hydrogens (tertiary/aromatic N) is 3. The lowest BCUT2D eigenvalue weighted by molar-refractivity contribution is -0.385. The van der Waals surface area contributed by atoms with E-state index >= 15 is 0 Å². The average molecular weight is 472 g/mol. The second-order valence-corrected chi connectivity index (χ2v) is 10.3. The van der Waals surface area contributed by atoms with Crippen molar-refractivity contribution in [3.8, 4) is 0 Å². The minimum atomic E-state index is -3.86. The van der Waals surface area contributed by atoms with Gasteiger partial charge in [-0.25, -0.2) is 13.2 Å². The molecule has 0 bridgehead atoms. The van der Waals surface area contributed by atoms with E-state index in [9.17, 15) is 23.3 Å². The predicted octanol–water partition coefficient (Wildman–Crippen LogP) is 3.13. The summed E-state index contributed by atoms with van der Waals surface area (Å²) in [5.41, 5.74) is 3.33. The molecule has 1 fully saturated rings. The molecular formula is C23H25N3O6S. The zero-order chi connectivity index (χ0) is 23.9. The molecule has 2 aromatic carbocycles. The highest BCUT2D eigenvalue weighted by Gasteiger charge is 2.31. The molecule has 0 radical (unpaired) electrons. The molecule has 2 heterocycles. The van der Waals surface area contributed by atoms with E-state index in [-0.39, 0.29) is 23.7 Å². The minimum absolute atomic E-state index is 0.0392. The van der Waals surface area contributed by atoms with Gasteiger partial charge in [-0.15, -0.1) is 0 Å². The highest BCUT2D eigenvalue weighted by molar-refractivity contribution is 7.89. The van der Waals surface area contributed by atoms with Crippen LogP contribution >= 0.6 is 0 Å². The van der Waals surface area contributed by atoms with Crippen LogP contribution in [0.15, 0.2) is 50.5 Å². The molecule has 1 saturated heterocycles. The summed E-state index contributed by atoms with van der Waals surface area (Å²) in [6, 6.07) is 9.24. The van der Waals surface area contributed by atoms with Gasteiger partial charge in [-0.2, -0.15) is 4.31 Å². The fourth-order valence-corrected chi connectivity index (χ4v) is 5.77. The van der Waals surface area contributed by atoms with Gasteiger partial charge in [-0.1, -0.05) is 6.07 Å². The first-order valence-corrected chi connectivity index (χ1v) is 12.0. The topological polar surface area (TPSA) is 114 Å². The number of nitro benzene ring substituents is 1. The Bertz CT molecular complexity index is 1410. The first-order chi connectivity index (χ1) is 15.6. The number of fused-ring (bicyclic) bond motifs is 1. The summed E-state index contributed by atoms with van der Waals surface area (Å²) in [4.78, 5) is 24.6. The Kier molecular flexibility index (Phi) is 6.08. The number of piperazine rings is 1. The Hall–Kier alpha value is -3.08. The van der Waals surface area contributed by atoms with Crippen molar-refractivity contribution in [1.82, 2.24) is 9.21 Å². The normalized spacial score (nSPS) is 15.7. The van der Waals surface area contributed by atoms with E-state index in [1.807, 2.05) is 26.0 Å². The van der Waals surface area contributed by atoms with Crippen molar-refractivity contribution in [2.24, 2.45) is 0 Å². The Morgan fingerprint density at radius 3 is 2.30 bits per heavy atom. The summed E-state index contributed by atoms with van der Waals surface area (Å²) in [5.74, 6) is 0. The maximum Gasteiger partial charge on any atom is 0.336 e. The number of hydrogen-bond donors (Lipinski definition) is 0. The Morgan fingerprint density at radius 1 is 0.970 bits per heavy atom. The van der Waals surface area contributed by atoms with Crippen LogP contribution in [0.2, 0.25) is 0 Å². The van der Waals surface area contributed by atoms with Crippen LogP contribution in [0.5, 0.6) is 0 Å². The second kappa shape index (κ2) is 8.69.